The summed E-state index contributed by atoms with van der Waals surface area (Å²) >= 11 is 6.27. The normalized spacial score (nSPS) is 18.6. The van der Waals surface area contributed by atoms with Crippen LogP contribution < -0.4 is 15.4 Å². The summed E-state index contributed by atoms with van der Waals surface area (Å²) in [6.07, 6.45) is 11.0. The second-order valence-corrected chi connectivity index (χ2v) is 6.70. The molecule has 4 rings (SSSR count). The molecule has 2 aromatic rings. The largest absolute Gasteiger partial charge is 0.497 e. The second-order valence-electron chi connectivity index (χ2n) is 6.29. The number of halogens is 1. The number of aryl methyl sites for hydroxylation is 1. The highest BCUT2D eigenvalue weighted by molar-refractivity contribution is 6.32. The molecule has 0 amide bonds. The molecule has 1 aromatic carbocycles. The number of fused-ring (bicyclic) bond motifs is 6. The number of rotatable bonds is 1. The number of allylic oxidation sites excluding steroid dienone is 4. The molecule has 2 heterocycles. The van der Waals surface area contributed by atoms with E-state index in [4.69, 9.17) is 16.3 Å². The van der Waals surface area contributed by atoms with Crippen LogP contribution >= 0.6 is 11.6 Å². The van der Waals surface area contributed by atoms with Gasteiger partial charge in [0.1, 0.15) is 10.8 Å². The van der Waals surface area contributed by atoms with Crippen molar-refractivity contribution in [3.8, 4) is 5.75 Å². The zero-order chi connectivity index (χ0) is 17.2. The Hall–Kier alpha value is -2.53. The van der Waals surface area contributed by atoms with Gasteiger partial charge in [-0.3, -0.25) is 0 Å². The summed E-state index contributed by atoms with van der Waals surface area (Å²) in [4.78, 5) is 8.81. The van der Waals surface area contributed by atoms with Gasteiger partial charge in [-0.25, -0.2) is 4.98 Å². The molecule has 0 saturated carbocycles. The fraction of sp³-hybridized carbons (Fsp3) is 0.263. The topological polar surface area (TPSA) is 59.1 Å². The summed E-state index contributed by atoms with van der Waals surface area (Å²) in [5, 5.41) is 7.07. The first-order valence-corrected chi connectivity index (χ1v) is 8.69. The third-order valence-corrected chi connectivity index (χ3v) is 4.72. The fourth-order valence-corrected chi connectivity index (χ4v) is 3.32. The molecule has 1 unspecified atom stereocenters. The van der Waals surface area contributed by atoms with Crippen LogP contribution in [-0.4, -0.2) is 17.1 Å². The van der Waals surface area contributed by atoms with Crippen LogP contribution in [0.2, 0.25) is 5.02 Å². The monoisotopic (exact) mass is 354 g/mol. The van der Waals surface area contributed by atoms with Crippen molar-refractivity contribution in [2.45, 2.75) is 19.3 Å². The van der Waals surface area contributed by atoms with Crippen LogP contribution in [0.5, 0.6) is 5.75 Å². The van der Waals surface area contributed by atoms with Crippen LogP contribution in [0.3, 0.4) is 0 Å². The van der Waals surface area contributed by atoms with Crippen molar-refractivity contribution < 1.29 is 4.74 Å². The lowest BCUT2D eigenvalue weighted by molar-refractivity contribution is 0.414. The number of hydrogen-bond acceptors (Lipinski definition) is 5. The highest BCUT2D eigenvalue weighted by atomic mass is 35.5. The molecular formula is C19H19ClN4O. The molecule has 1 aromatic heterocycles. The van der Waals surface area contributed by atoms with Gasteiger partial charge in [-0.2, -0.15) is 4.98 Å². The summed E-state index contributed by atoms with van der Waals surface area (Å²) in [7, 11) is 1.68. The van der Waals surface area contributed by atoms with Crippen molar-refractivity contribution in [3.05, 3.63) is 58.9 Å². The SMILES string of the molecule is COc1cc2cc(c1)Nc1nc(ncc1Cl)NC1=CC=CC(CC2)C1. The summed E-state index contributed by atoms with van der Waals surface area (Å²) in [5.41, 5.74) is 3.24. The Morgan fingerprint density at radius 3 is 3.04 bits per heavy atom. The zero-order valence-corrected chi connectivity index (χ0v) is 14.7. The number of aromatic nitrogens is 2. The first-order valence-electron chi connectivity index (χ1n) is 8.31. The minimum atomic E-state index is 0.472. The quantitative estimate of drug-likeness (QED) is 0.777. The Morgan fingerprint density at radius 1 is 1.24 bits per heavy atom. The number of nitrogens with zero attached hydrogens (tertiary/aromatic N) is 2. The van der Waals surface area contributed by atoms with Crippen LogP contribution in [-0.2, 0) is 6.42 Å². The van der Waals surface area contributed by atoms with E-state index in [9.17, 15) is 0 Å². The van der Waals surface area contributed by atoms with Crippen LogP contribution in [0, 0.1) is 5.92 Å². The van der Waals surface area contributed by atoms with Gasteiger partial charge < -0.3 is 15.4 Å². The van der Waals surface area contributed by atoms with E-state index in [2.05, 4.69) is 51.0 Å². The molecule has 25 heavy (non-hydrogen) atoms. The molecule has 1 atom stereocenters. The lowest BCUT2D eigenvalue weighted by atomic mass is 9.91. The van der Waals surface area contributed by atoms with Gasteiger partial charge in [-0.1, -0.05) is 23.8 Å². The van der Waals surface area contributed by atoms with Crippen LogP contribution in [0.1, 0.15) is 18.4 Å². The van der Waals surface area contributed by atoms with Crippen molar-refractivity contribution >= 4 is 29.1 Å². The van der Waals surface area contributed by atoms with Gasteiger partial charge in [-0.05, 0) is 49.0 Å². The van der Waals surface area contributed by atoms with Crippen molar-refractivity contribution in [2.24, 2.45) is 5.92 Å². The predicted octanol–water partition coefficient (Wildman–Crippen LogP) is 4.70. The Bertz CT molecular complexity index is 862. The van der Waals surface area contributed by atoms with Gasteiger partial charge in [0.15, 0.2) is 5.82 Å². The minimum absolute atomic E-state index is 0.472. The lowest BCUT2D eigenvalue weighted by Gasteiger charge is -2.19. The van der Waals surface area contributed by atoms with Gasteiger partial charge in [-0.15, -0.1) is 0 Å². The van der Waals surface area contributed by atoms with Gasteiger partial charge in [0.05, 0.1) is 13.3 Å². The van der Waals surface area contributed by atoms with Crippen LogP contribution in [0.4, 0.5) is 17.5 Å². The smallest absolute Gasteiger partial charge is 0.228 e. The number of methoxy groups -OCH3 is 1. The minimum Gasteiger partial charge on any atom is -0.497 e. The average molecular weight is 355 g/mol. The fourth-order valence-electron chi connectivity index (χ4n) is 3.18. The summed E-state index contributed by atoms with van der Waals surface area (Å²) in [6, 6.07) is 6.14. The molecule has 6 heteroatoms. The predicted molar refractivity (Wildman–Crippen MR) is 101 cm³/mol. The van der Waals surface area contributed by atoms with Crippen molar-refractivity contribution in [1.29, 1.82) is 0 Å². The number of anilines is 3. The van der Waals surface area contributed by atoms with E-state index >= 15 is 0 Å². The Morgan fingerprint density at radius 2 is 2.16 bits per heavy atom. The molecular weight excluding hydrogens is 336 g/mol. The first-order chi connectivity index (χ1) is 12.2. The third kappa shape index (κ3) is 3.61. The second kappa shape index (κ2) is 6.76. The van der Waals surface area contributed by atoms with E-state index in [1.165, 1.54) is 5.56 Å². The van der Waals surface area contributed by atoms with Gasteiger partial charge >= 0.3 is 0 Å². The van der Waals surface area contributed by atoms with E-state index < -0.39 is 0 Å². The highest BCUT2D eigenvalue weighted by Crippen LogP contribution is 2.31. The van der Waals surface area contributed by atoms with Crippen molar-refractivity contribution in [1.82, 2.24) is 9.97 Å². The third-order valence-electron chi connectivity index (χ3n) is 4.45. The first kappa shape index (κ1) is 16.0. The molecule has 2 aliphatic rings. The lowest BCUT2D eigenvalue weighted by Crippen LogP contribution is -2.11. The number of nitrogens with one attached hydrogen (secondary N) is 2. The van der Waals surface area contributed by atoms with Crippen LogP contribution in [0.15, 0.2) is 48.3 Å². The van der Waals surface area contributed by atoms with E-state index in [1.54, 1.807) is 13.3 Å². The van der Waals surface area contributed by atoms with E-state index in [0.29, 0.717) is 22.7 Å². The molecule has 1 aliphatic carbocycles. The molecule has 6 bridgehead atoms. The maximum Gasteiger partial charge on any atom is 0.228 e. The summed E-state index contributed by atoms with van der Waals surface area (Å²) < 4.78 is 5.45. The van der Waals surface area contributed by atoms with Gasteiger partial charge in [0.25, 0.3) is 0 Å². The number of ether oxygens (including phenoxy) is 1. The average Bonchev–Trinajstić information content (AvgIpc) is 2.63. The highest BCUT2D eigenvalue weighted by Gasteiger charge is 2.15. The molecule has 0 spiro atoms. The number of hydrogen-bond donors (Lipinski definition) is 2. The maximum atomic E-state index is 6.27. The van der Waals surface area contributed by atoms with Gasteiger partial charge in [0.2, 0.25) is 5.95 Å². The van der Waals surface area contributed by atoms with Crippen LogP contribution in [0.25, 0.3) is 0 Å². The van der Waals surface area contributed by atoms with Gasteiger partial charge in [0, 0.05) is 17.5 Å². The van der Waals surface area contributed by atoms with E-state index in [-0.39, 0.29) is 0 Å². The standard InChI is InChI=1S/C19H19ClN4O/c1-25-16-9-13-6-5-12-3-2-4-14(7-12)23-19-21-11-17(20)18(24-19)22-15(8-13)10-16/h2-4,8-12H,5-7H2,1H3,(H2,21,22,23,24). The molecule has 0 radical (unpaired) electrons. The Balaban J connectivity index is 1.78. The molecule has 0 saturated heterocycles. The van der Waals surface area contributed by atoms with E-state index in [1.807, 2.05) is 6.07 Å². The molecule has 1 aliphatic heterocycles. The van der Waals surface area contributed by atoms with Crippen molar-refractivity contribution in [2.75, 3.05) is 17.7 Å². The zero-order valence-electron chi connectivity index (χ0n) is 13.9. The van der Waals surface area contributed by atoms with E-state index in [0.717, 1.165) is 36.4 Å². The molecule has 128 valence electrons. The Kier molecular flexibility index (Phi) is 4.32. The summed E-state index contributed by atoms with van der Waals surface area (Å²) in [6.45, 7) is 0. The summed E-state index contributed by atoms with van der Waals surface area (Å²) in [5.74, 6) is 2.41. The molecule has 0 fully saturated rings. The number of benzene rings is 1. The van der Waals surface area contributed by atoms with Crippen molar-refractivity contribution in [3.63, 3.8) is 0 Å². The molecule has 5 nitrogen and oxygen atoms in total. The Labute approximate surface area is 151 Å². The maximum absolute atomic E-state index is 6.27. The molecule has 2 N–H and O–H groups in total.